The summed E-state index contributed by atoms with van der Waals surface area (Å²) in [4.78, 5) is 16.5. The number of hydrogen-bond donors (Lipinski definition) is 1. The number of thiazole rings is 1. The third kappa shape index (κ3) is 3.49. The number of nitrogens with zero attached hydrogens (tertiary/aromatic N) is 2. The molecule has 0 aliphatic carbocycles. The van der Waals surface area contributed by atoms with Gasteiger partial charge in [-0.3, -0.25) is 9.69 Å². The zero-order chi connectivity index (χ0) is 14.9. The summed E-state index contributed by atoms with van der Waals surface area (Å²) in [7, 11) is 0. The Hall–Kier alpha value is -1.15. The van der Waals surface area contributed by atoms with Gasteiger partial charge in [-0.05, 0) is 26.3 Å². The minimum absolute atomic E-state index is 0.0306. The SMILES string of the molecule is C[C@@H]1C[C@H](C(=O)O)CCN1Cc1nc(C(F)(F)F)cs1. The summed E-state index contributed by atoms with van der Waals surface area (Å²) in [5.41, 5.74) is -0.856. The molecule has 0 unspecified atom stereocenters. The molecule has 0 radical (unpaired) electrons. The second-order valence-corrected chi connectivity index (χ2v) is 5.95. The fourth-order valence-electron chi connectivity index (χ4n) is 2.37. The lowest BCUT2D eigenvalue weighted by atomic mass is 9.92. The average Bonchev–Trinajstić information content (AvgIpc) is 2.80. The highest BCUT2D eigenvalue weighted by atomic mass is 32.1. The van der Waals surface area contributed by atoms with Crippen LogP contribution in [0.1, 0.15) is 30.5 Å². The molecule has 20 heavy (non-hydrogen) atoms. The molecule has 0 spiro atoms. The number of carboxylic acid groups (broad SMARTS) is 1. The number of likely N-dealkylation sites (tertiary alicyclic amines) is 1. The second-order valence-electron chi connectivity index (χ2n) is 5.00. The molecule has 4 nitrogen and oxygen atoms in total. The van der Waals surface area contributed by atoms with Gasteiger partial charge in [-0.15, -0.1) is 11.3 Å². The largest absolute Gasteiger partial charge is 0.481 e. The average molecular weight is 308 g/mol. The first-order valence-corrected chi connectivity index (χ1v) is 7.14. The first-order chi connectivity index (χ1) is 9.27. The van der Waals surface area contributed by atoms with E-state index in [0.29, 0.717) is 30.9 Å². The molecule has 1 aromatic rings. The number of alkyl halides is 3. The maximum atomic E-state index is 12.5. The van der Waals surface area contributed by atoms with E-state index in [1.54, 1.807) is 0 Å². The summed E-state index contributed by atoms with van der Waals surface area (Å²) in [6.45, 7) is 2.81. The van der Waals surface area contributed by atoms with Crippen LogP contribution in [0.2, 0.25) is 0 Å². The Morgan fingerprint density at radius 1 is 1.60 bits per heavy atom. The van der Waals surface area contributed by atoms with Crippen LogP contribution >= 0.6 is 11.3 Å². The van der Waals surface area contributed by atoms with Gasteiger partial charge < -0.3 is 5.11 Å². The van der Waals surface area contributed by atoms with E-state index in [-0.39, 0.29) is 12.0 Å². The van der Waals surface area contributed by atoms with E-state index < -0.39 is 17.8 Å². The minimum Gasteiger partial charge on any atom is -0.481 e. The number of aliphatic carboxylic acids is 1. The summed E-state index contributed by atoms with van der Waals surface area (Å²) >= 11 is 0.990. The van der Waals surface area contributed by atoms with Gasteiger partial charge >= 0.3 is 12.1 Å². The predicted molar refractivity (Wildman–Crippen MR) is 67.3 cm³/mol. The molecule has 1 aromatic heterocycles. The number of rotatable bonds is 3. The molecule has 2 heterocycles. The van der Waals surface area contributed by atoms with Crippen LogP contribution in [0.3, 0.4) is 0 Å². The van der Waals surface area contributed by atoms with Crippen molar-refractivity contribution in [3.05, 3.63) is 16.1 Å². The Kier molecular flexibility index (Phi) is 4.33. The van der Waals surface area contributed by atoms with Crippen LogP contribution < -0.4 is 0 Å². The van der Waals surface area contributed by atoms with Crippen molar-refractivity contribution < 1.29 is 23.1 Å². The van der Waals surface area contributed by atoms with Crippen LogP contribution in [0.4, 0.5) is 13.2 Å². The Morgan fingerprint density at radius 3 is 2.80 bits per heavy atom. The molecule has 2 rings (SSSR count). The molecular weight excluding hydrogens is 293 g/mol. The molecule has 0 saturated carbocycles. The second kappa shape index (κ2) is 5.69. The monoisotopic (exact) mass is 308 g/mol. The van der Waals surface area contributed by atoms with Crippen molar-refractivity contribution in [2.75, 3.05) is 6.54 Å². The van der Waals surface area contributed by atoms with Crippen molar-refractivity contribution in [1.29, 1.82) is 0 Å². The molecule has 1 saturated heterocycles. The molecule has 1 aliphatic rings. The van der Waals surface area contributed by atoms with E-state index in [9.17, 15) is 18.0 Å². The first kappa shape index (κ1) is 15.2. The number of piperidine rings is 1. The number of carboxylic acids is 1. The molecule has 8 heteroatoms. The highest BCUT2D eigenvalue weighted by Crippen LogP contribution is 2.31. The van der Waals surface area contributed by atoms with Gasteiger partial charge in [0.1, 0.15) is 5.01 Å². The lowest BCUT2D eigenvalue weighted by molar-refractivity contribution is -0.144. The van der Waals surface area contributed by atoms with E-state index in [1.807, 2.05) is 11.8 Å². The highest BCUT2D eigenvalue weighted by molar-refractivity contribution is 7.09. The van der Waals surface area contributed by atoms with Gasteiger partial charge in [0.05, 0.1) is 12.5 Å². The summed E-state index contributed by atoms with van der Waals surface area (Å²) in [5.74, 6) is -1.16. The Balaban J connectivity index is 1.97. The van der Waals surface area contributed by atoms with E-state index in [4.69, 9.17) is 5.11 Å². The Labute approximate surface area is 118 Å². The molecular formula is C12H15F3N2O2S. The maximum Gasteiger partial charge on any atom is 0.434 e. The highest BCUT2D eigenvalue weighted by Gasteiger charge is 2.34. The summed E-state index contributed by atoms with van der Waals surface area (Å²) in [5, 5.41) is 10.4. The van der Waals surface area contributed by atoms with Crippen molar-refractivity contribution in [2.24, 2.45) is 5.92 Å². The molecule has 0 amide bonds. The van der Waals surface area contributed by atoms with Crippen molar-refractivity contribution in [3.8, 4) is 0 Å². The van der Waals surface area contributed by atoms with E-state index in [1.165, 1.54) is 0 Å². The lowest BCUT2D eigenvalue weighted by Gasteiger charge is -2.35. The molecule has 112 valence electrons. The molecule has 1 aliphatic heterocycles. The van der Waals surface area contributed by atoms with Crippen molar-refractivity contribution in [3.63, 3.8) is 0 Å². The van der Waals surface area contributed by atoms with Crippen LogP contribution in [0, 0.1) is 5.92 Å². The fourth-order valence-corrected chi connectivity index (χ4v) is 3.19. The van der Waals surface area contributed by atoms with Crippen molar-refractivity contribution >= 4 is 17.3 Å². The minimum atomic E-state index is -4.41. The summed E-state index contributed by atoms with van der Waals surface area (Å²) in [6.07, 6.45) is -3.36. The quantitative estimate of drug-likeness (QED) is 0.933. The van der Waals surface area contributed by atoms with Crippen LogP contribution in [-0.4, -0.2) is 33.5 Å². The topological polar surface area (TPSA) is 53.4 Å². The number of halogens is 3. The van der Waals surface area contributed by atoms with Gasteiger partial charge in [-0.2, -0.15) is 13.2 Å². The summed E-state index contributed by atoms with van der Waals surface area (Å²) < 4.78 is 37.4. The predicted octanol–water partition coefficient (Wildman–Crippen LogP) is 2.85. The number of hydrogen-bond acceptors (Lipinski definition) is 4. The third-order valence-corrected chi connectivity index (χ3v) is 4.38. The van der Waals surface area contributed by atoms with Crippen LogP contribution in [0.5, 0.6) is 0 Å². The Bertz CT molecular complexity index is 489. The van der Waals surface area contributed by atoms with E-state index in [0.717, 1.165) is 16.7 Å². The van der Waals surface area contributed by atoms with E-state index >= 15 is 0 Å². The fraction of sp³-hybridized carbons (Fsp3) is 0.667. The lowest BCUT2D eigenvalue weighted by Crippen LogP contribution is -2.42. The van der Waals surface area contributed by atoms with Crippen LogP contribution in [0.15, 0.2) is 5.38 Å². The molecule has 1 N–H and O–H groups in total. The third-order valence-electron chi connectivity index (χ3n) is 3.54. The Morgan fingerprint density at radius 2 is 2.30 bits per heavy atom. The van der Waals surface area contributed by atoms with Gasteiger partial charge in [0, 0.05) is 11.4 Å². The van der Waals surface area contributed by atoms with Gasteiger partial charge in [0.2, 0.25) is 0 Å². The van der Waals surface area contributed by atoms with Crippen molar-refractivity contribution in [1.82, 2.24) is 9.88 Å². The number of carbonyl (C=O) groups is 1. The molecule has 2 atom stereocenters. The molecule has 1 fully saturated rings. The van der Waals surface area contributed by atoms with Crippen LogP contribution in [0.25, 0.3) is 0 Å². The normalized spacial score (nSPS) is 24.8. The van der Waals surface area contributed by atoms with Gasteiger partial charge in [-0.25, -0.2) is 4.98 Å². The van der Waals surface area contributed by atoms with Gasteiger partial charge in [0.25, 0.3) is 0 Å². The maximum absolute atomic E-state index is 12.5. The van der Waals surface area contributed by atoms with Crippen LogP contribution in [-0.2, 0) is 17.5 Å². The number of aromatic nitrogens is 1. The zero-order valence-electron chi connectivity index (χ0n) is 10.9. The van der Waals surface area contributed by atoms with E-state index in [2.05, 4.69) is 4.98 Å². The van der Waals surface area contributed by atoms with Gasteiger partial charge in [0.15, 0.2) is 5.69 Å². The smallest absolute Gasteiger partial charge is 0.434 e. The molecule has 0 bridgehead atoms. The summed E-state index contributed by atoms with van der Waals surface area (Å²) in [6, 6.07) is 0.0306. The molecule has 0 aromatic carbocycles. The first-order valence-electron chi connectivity index (χ1n) is 6.26. The van der Waals surface area contributed by atoms with Crippen molar-refractivity contribution in [2.45, 2.75) is 38.5 Å². The van der Waals surface area contributed by atoms with Gasteiger partial charge in [-0.1, -0.05) is 0 Å². The standard InChI is InChI=1S/C12H15F3N2O2S/c1-7-4-8(11(18)19)2-3-17(7)5-10-16-9(6-20-10)12(13,14)15/h6-8H,2-5H2,1H3,(H,18,19)/t7-,8-/m1/s1. The zero-order valence-corrected chi connectivity index (χ0v) is 11.7.